The first-order valence-electron chi connectivity index (χ1n) is 4.65. The number of hydrogen-bond donors (Lipinski definition) is 2. The molecule has 3 N–H and O–H groups in total. The highest BCUT2D eigenvalue weighted by atomic mass is 16.5. The molecule has 2 aromatic rings. The molecule has 0 bridgehead atoms. The molecule has 1 aromatic carbocycles. The Balaban J connectivity index is 2.36. The third-order valence-electron chi connectivity index (χ3n) is 2.07. The number of H-pyrrole nitrogens is 1. The molecule has 0 amide bonds. The van der Waals surface area contributed by atoms with Gasteiger partial charge in [-0.2, -0.15) is 0 Å². The van der Waals surface area contributed by atoms with Crippen molar-refractivity contribution in [3.63, 3.8) is 0 Å². The number of aromatic nitrogens is 2. The summed E-state index contributed by atoms with van der Waals surface area (Å²) in [5, 5.41) is 3.61. The lowest BCUT2D eigenvalue weighted by molar-refractivity contribution is 0.388. The molecule has 0 fully saturated rings. The van der Waals surface area contributed by atoms with Crippen LogP contribution < -0.4 is 11.5 Å². The normalized spacial score (nSPS) is 10.5. The fourth-order valence-corrected chi connectivity index (χ4v) is 1.40. The van der Waals surface area contributed by atoms with Crippen LogP contribution in [0, 0.1) is 0 Å². The van der Waals surface area contributed by atoms with Gasteiger partial charge in [0.15, 0.2) is 5.82 Å². The van der Waals surface area contributed by atoms with Gasteiger partial charge in [0.2, 0.25) is 0 Å². The largest absolute Gasteiger partial charge is 0.439 e. The molecular formula is C10H11N3O2. The Kier molecular flexibility index (Phi) is 2.64. The van der Waals surface area contributed by atoms with Crippen molar-refractivity contribution in [1.29, 1.82) is 0 Å². The van der Waals surface area contributed by atoms with Crippen LogP contribution in [0.4, 0.5) is 0 Å². The number of rotatable bonds is 3. The monoisotopic (exact) mass is 205 g/mol. The fraction of sp³-hybridized carbons (Fsp3) is 0.200. The first-order chi connectivity index (χ1) is 7.29. The lowest BCUT2D eigenvalue weighted by atomic mass is 10.1. The first-order valence-corrected chi connectivity index (χ1v) is 4.65. The standard InChI is InChI=1S/C10H11N3O2/c11-5-4-7-2-1-3-8(6-7)9-12-10(14)15-13-9/h1-3,6H,4-5,11H2,(H,12,13,14). The molecule has 0 unspecified atom stereocenters. The van der Waals surface area contributed by atoms with Crippen LogP contribution in [0.1, 0.15) is 5.56 Å². The van der Waals surface area contributed by atoms with Gasteiger partial charge in [-0.15, -0.1) is 0 Å². The summed E-state index contributed by atoms with van der Waals surface area (Å²) in [7, 11) is 0. The van der Waals surface area contributed by atoms with Gasteiger partial charge in [-0.1, -0.05) is 23.4 Å². The number of hydrogen-bond acceptors (Lipinski definition) is 4. The maximum atomic E-state index is 10.8. The molecule has 0 saturated heterocycles. The van der Waals surface area contributed by atoms with Gasteiger partial charge in [-0.25, -0.2) is 4.79 Å². The summed E-state index contributed by atoms with van der Waals surface area (Å²) in [5.74, 6) is -0.104. The van der Waals surface area contributed by atoms with Crippen LogP contribution in [0.15, 0.2) is 33.6 Å². The van der Waals surface area contributed by atoms with Gasteiger partial charge in [0.25, 0.3) is 0 Å². The van der Waals surface area contributed by atoms with Crippen LogP contribution in [0.5, 0.6) is 0 Å². The van der Waals surface area contributed by atoms with Crippen LogP contribution in [0.3, 0.4) is 0 Å². The second-order valence-electron chi connectivity index (χ2n) is 3.18. The molecule has 0 atom stereocenters. The van der Waals surface area contributed by atoms with E-state index in [-0.39, 0.29) is 0 Å². The quantitative estimate of drug-likeness (QED) is 0.765. The minimum atomic E-state index is -0.547. The molecule has 0 saturated carbocycles. The van der Waals surface area contributed by atoms with Gasteiger partial charge in [0.05, 0.1) is 0 Å². The van der Waals surface area contributed by atoms with Crippen LogP contribution in [0.2, 0.25) is 0 Å². The maximum absolute atomic E-state index is 10.8. The summed E-state index contributed by atoms with van der Waals surface area (Å²) < 4.78 is 4.43. The van der Waals surface area contributed by atoms with Gasteiger partial charge in [-0.3, -0.25) is 9.51 Å². The second kappa shape index (κ2) is 4.10. The van der Waals surface area contributed by atoms with Crippen molar-refractivity contribution >= 4 is 0 Å². The van der Waals surface area contributed by atoms with Gasteiger partial charge in [-0.05, 0) is 24.6 Å². The average Bonchev–Trinajstić information content (AvgIpc) is 2.66. The Morgan fingerprint density at radius 1 is 1.47 bits per heavy atom. The van der Waals surface area contributed by atoms with E-state index in [4.69, 9.17) is 5.73 Å². The van der Waals surface area contributed by atoms with E-state index < -0.39 is 5.76 Å². The van der Waals surface area contributed by atoms with Crippen molar-refractivity contribution < 1.29 is 4.52 Å². The zero-order valence-electron chi connectivity index (χ0n) is 8.06. The summed E-state index contributed by atoms with van der Waals surface area (Å²) in [5.41, 5.74) is 7.40. The van der Waals surface area contributed by atoms with Gasteiger partial charge in [0, 0.05) is 5.56 Å². The van der Waals surface area contributed by atoms with E-state index in [2.05, 4.69) is 14.7 Å². The highest BCUT2D eigenvalue weighted by molar-refractivity contribution is 5.55. The summed E-state index contributed by atoms with van der Waals surface area (Å²) in [4.78, 5) is 13.3. The van der Waals surface area contributed by atoms with E-state index in [0.29, 0.717) is 12.4 Å². The van der Waals surface area contributed by atoms with E-state index in [1.54, 1.807) is 0 Å². The molecule has 0 aliphatic heterocycles. The van der Waals surface area contributed by atoms with Crippen LogP contribution >= 0.6 is 0 Å². The molecule has 15 heavy (non-hydrogen) atoms. The van der Waals surface area contributed by atoms with E-state index in [9.17, 15) is 4.79 Å². The van der Waals surface area contributed by atoms with Crippen molar-refractivity contribution in [1.82, 2.24) is 10.1 Å². The summed E-state index contributed by atoms with van der Waals surface area (Å²) in [6, 6.07) is 7.66. The topological polar surface area (TPSA) is 84.9 Å². The summed E-state index contributed by atoms with van der Waals surface area (Å²) in [6.45, 7) is 0.596. The lowest BCUT2D eigenvalue weighted by Crippen LogP contribution is -2.02. The van der Waals surface area contributed by atoms with Crippen molar-refractivity contribution in [3.8, 4) is 11.4 Å². The highest BCUT2D eigenvalue weighted by Crippen LogP contribution is 2.15. The van der Waals surface area contributed by atoms with E-state index in [1.165, 1.54) is 0 Å². The molecule has 5 heteroatoms. The predicted octanol–water partition coefficient (Wildman–Crippen LogP) is 0.531. The zero-order valence-corrected chi connectivity index (χ0v) is 8.06. The van der Waals surface area contributed by atoms with Crippen molar-refractivity contribution in [2.75, 3.05) is 6.54 Å². The number of benzene rings is 1. The molecule has 0 aliphatic carbocycles. The van der Waals surface area contributed by atoms with Crippen molar-refractivity contribution in [2.45, 2.75) is 6.42 Å². The Hall–Kier alpha value is -1.88. The van der Waals surface area contributed by atoms with Gasteiger partial charge in [0.1, 0.15) is 0 Å². The van der Waals surface area contributed by atoms with Crippen LogP contribution in [-0.4, -0.2) is 16.7 Å². The SMILES string of the molecule is NCCc1cccc(-c2noc(=O)[nH]2)c1. The Labute approximate surface area is 85.9 Å². The highest BCUT2D eigenvalue weighted by Gasteiger charge is 2.04. The molecule has 1 heterocycles. The smallest absolute Gasteiger partial charge is 0.330 e. The van der Waals surface area contributed by atoms with E-state index in [0.717, 1.165) is 17.5 Å². The average molecular weight is 205 g/mol. The molecule has 0 aliphatic rings. The molecule has 0 spiro atoms. The lowest BCUT2D eigenvalue weighted by Gasteiger charge is -2.00. The molecule has 0 radical (unpaired) electrons. The number of aromatic amines is 1. The van der Waals surface area contributed by atoms with Crippen LogP contribution in [0.25, 0.3) is 11.4 Å². The molecule has 1 aromatic heterocycles. The number of nitrogens with two attached hydrogens (primary N) is 1. The van der Waals surface area contributed by atoms with Gasteiger partial charge >= 0.3 is 5.76 Å². The van der Waals surface area contributed by atoms with Crippen LogP contribution in [-0.2, 0) is 6.42 Å². The predicted molar refractivity (Wildman–Crippen MR) is 55.3 cm³/mol. The molecule has 2 rings (SSSR count). The maximum Gasteiger partial charge on any atom is 0.439 e. The molecule has 5 nitrogen and oxygen atoms in total. The van der Waals surface area contributed by atoms with Gasteiger partial charge < -0.3 is 5.73 Å². The molecule has 78 valence electrons. The second-order valence-corrected chi connectivity index (χ2v) is 3.18. The summed E-state index contributed by atoms with van der Waals surface area (Å²) >= 11 is 0. The minimum Gasteiger partial charge on any atom is -0.330 e. The van der Waals surface area contributed by atoms with Crippen molar-refractivity contribution in [3.05, 3.63) is 40.4 Å². The van der Waals surface area contributed by atoms with E-state index in [1.807, 2.05) is 24.3 Å². The van der Waals surface area contributed by atoms with Crippen molar-refractivity contribution in [2.24, 2.45) is 5.73 Å². The Morgan fingerprint density at radius 3 is 3.00 bits per heavy atom. The fourth-order valence-electron chi connectivity index (χ4n) is 1.40. The third kappa shape index (κ3) is 2.13. The zero-order chi connectivity index (χ0) is 10.7. The van der Waals surface area contributed by atoms with E-state index >= 15 is 0 Å². The molecular weight excluding hydrogens is 194 g/mol. The minimum absolute atomic E-state index is 0.443. The number of nitrogens with one attached hydrogen (secondary N) is 1. The number of nitrogens with zero attached hydrogens (tertiary/aromatic N) is 1. The summed E-state index contributed by atoms with van der Waals surface area (Å²) in [6.07, 6.45) is 0.802. The Morgan fingerprint density at radius 2 is 2.33 bits per heavy atom. The third-order valence-corrected chi connectivity index (χ3v) is 2.07. The Bertz CT molecular complexity index is 501. The first kappa shape index (κ1) is 9.67.